The second-order valence-electron chi connectivity index (χ2n) is 2.19. The van der Waals surface area contributed by atoms with Gasteiger partial charge in [-0.25, -0.2) is 17.7 Å². The van der Waals surface area contributed by atoms with Gasteiger partial charge in [0, 0.05) is 21.7 Å². The van der Waals surface area contributed by atoms with E-state index in [-0.39, 0.29) is 21.7 Å². The molecule has 0 fully saturated rings. The van der Waals surface area contributed by atoms with Crippen molar-refractivity contribution >= 4 is 0 Å². The van der Waals surface area contributed by atoms with Crippen LogP contribution in [0.25, 0.3) is 0 Å². The van der Waals surface area contributed by atoms with E-state index < -0.39 is 0 Å². The van der Waals surface area contributed by atoms with Crippen LogP contribution in [-0.2, 0) is 21.7 Å². The normalized spacial score (nSPS) is 16.2. The fourth-order valence-corrected chi connectivity index (χ4v) is 0.885. The zero-order valence-corrected chi connectivity index (χ0v) is 7.55. The van der Waals surface area contributed by atoms with Gasteiger partial charge in [0.2, 0.25) is 0 Å². The Morgan fingerprint density at radius 1 is 1.67 bits per heavy atom. The van der Waals surface area contributed by atoms with Crippen LogP contribution in [0.1, 0.15) is 26.7 Å². The van der Waals surface area contributed by atoms with Crippen molar-refractivity contribution in [3.63, 3.8) is 0 Å². The van der Waals surface area contributed by atoms with E-state index in [1.807, 2.05) is 0 Å². The maximum atomic E-state index is 3.28. The van der Waals surface area contributed by atoms with Gasteiger partial charge >= 0.3 is 0 Å². The van der Waals surface area contributed by atoms with Gasteiger partial charge in [0.15, 0.2) is 0 Å². The first-order valence-electron chi connectivity index (χ1n) is 3.11. The summed E-state index contributed by atoms with van der Waals surface area (Å²) in [7, 11) is 0. The maximum Gasteiger partial charge on any atom is 0 e. The molecule has 0 heterocycles. The summed E-state index contributed by atoms with van der Waals surface area (Å²) < 4.78 is 0. The minimum Gasteiger partial charge on any atom is -0.250 e. The smallest absolute Gasteiger partial charge is 0 e. The summed E-state index contributed by atoms with van der Waals surface area (Å²) in [6, 6.07) is 0. The summed E-state index contributed by atoms with van der Waals surface area (Å²) in [5, 5.41) is 0. The third kappa shape index (κ3) is 2.51. The molecule has 0 aromatic rings. The van der Waals surface area contributed by atoms with Gasteiger partial charge < -0.3 is 0 Å². The van der Waals surface area contributed by atoms with Crippen molar-refractivity contribution in [3.05, 3.63) is 23.3 Å². The van der Waals surface area contributed by atoms with Crippen LogP contribution in [0.5, 0.6) is 0 Å². The van der Waals surface area contributed by atoms with Crippen LogP contribution >= 0.6 is 0 Å². The molecule has 1 aliphatic carbocycles. The van der Waals surface area contributed by atoms with Crippen molar-refractivity contribution in [2.45, 2.75) is 26.7 Å². The number of allylic oxidation sites excluding steroid dienone is 4. The first-order chi connectivity index (χ1) is 3.83. The van der Waals surface area contributed by atoms with Gasteiger partial charge in [-0.2, -0.15) is 5.57 Å². The molecule has 1 aliphatic rings. The fourth-order valence-electron chi connectivity index (χ4n) is 0.885. The summed E-state index contributed by atoms with van der Waals surface area (Å²) in [5.74, 6) is 0. The molecule has 0 radical (unpaired) electrons. The summed E-state index contributed by atoms with van der Waals surface area (Å²) in [5.41, 5.74) is 2.75. The Kier molecular flexibility index (Phi) is 4.17. The Labute approximate surface area is 71.9 Å². The predicted molar refractivity (Wildman–Crippen MR) is 35.4 cm³/mol. The maximum absolute atomic E-state index is 3.28. The molecule has 0 aromatic carbocycles. The molecule has 0 spiro atoms. The van der Waals surface area contributed by atoms with Gasteiger partial charge in [-0.15, -0.1) is 0 Å². The molecule has 0 aromatic heterocycles. The molecular formula is C8H11Ti-. The molecule has 1 rings (SSSR count). The Bertz CT molecular complexity index is 143. The molecule has 0 atom stereocenters. The molecule has 48 valence electrons. The Hall–Kier alpha value is 0.194. The van der Waals surface area contributed by atoms with E-state index in [2.05, 4.69) is 26.0 Å². The third-order valence-corrected chi connectivity index (χ3v) is 1.41. The number of hydrogen-bond acceptors (Lipinski definition) is 0. The second-order valence-corrected chi connectivity index (χ2v) is 2.19. The van der Waals surface area contributed by atoms with E-state index in [0.717, 1.165) is 12.8 Å². The fraction of sp³-hybridized carbons (Fsp3) is 0.500. The van der Waals surface area contributed by atoms with Crippen LogP contribution in [0.3, 0.4) is 0 Å². The van der Waals surface area contributed by atoms with E-state index >= 15 is 0 Å². The molecule has 0 unspecified atom stereocenters. The summed E-state index contributed by atoms with van der Waals surface area (Å²) in [4.78, 5) is 0. The van der Waals surface area contributed by atoms with E-state index in [9.17, 15) is 0 Å². The average molecular weight is 155 g/mol. The first-order valence-corrected chi connectivity index (χ1v) is 3.11. The Morgan fingerprint density at radius 2 is 2.33 bits per heavy atom. The molecule has 0 amide bonds. The molecule has 0 nitrogen and oxygen atoms in total. The third-order valence-electron chi connectivity index (χ3n) is 1.41. The van der Waals surface area contributed by atoms with Crippen LogP contribution < -0.4 is 0 Å². The van der Waals surface area contributed by atoms with Gasteiger partial charge in [0.05, 0.1) is 0 Å². The van der Waals surface area contributed by atoms with E-state index in [0.29, 0.717) is 0 Å². The van der Waals surface area contributed by atoms with Crippen molar-refractivity contribution in [3.8, 4) is 0 Å². The minimum absolute atomic E-state index is 0. The van der Waals surface area contributed by atoms with Crippen molar-refractivity contribution < 1.29 is 21.7 Å². The molecule has 0 saturated heterocycles. The SMILES string of the molecule is CCC1=CCC(C)=[C-]1.[Ti]. The van der Waals surface area contributed by atoms with Crippen molar-refractivity contribution in [1.82, 2.24) is 0 Å². The zero-order valence-electron chi connectivity index (χ0n) is 5.99. The molecule has 0 aliphatic heterocycles. The van der Waals surface area contributed by atoms with Gasteiger partial charge in [-0.05, 0) is 0 Å². The Balaban J connectivity index is 0.000000640. The van der Waals surface area contributed by atoms with E-state index in [4.69, 9.17) is 0 Å². The van der Waals surface area contributed by atoms with Gasteiger partial charge in [0.1, 0.15) is 0 Å². The molecule has 0 saturated carbocycles. The molecule has 0 N–H and O–H groups in total. The molecular weight excluding hydrogens is 144 g/mol. The molecule has 1 heteroatoms. The zero-order chi connectivity index (χ0) is 5.98. The molecule has 0 bridgehead atoms. The van der Waals surface area contributed by atoms with Crippen LogP contribution in [0.15, 0.2) is 17.2 Å². The van der Waals surface area contributed by atoms with Gasteiger partial charge in [-0.3, -0.25) is 0 Å². The second kappa shape index (κ2) is 4.08. The van der Waals surface area contributed by atoms with E-state index in [1.165, 1.54) is 11.1 Å². The number of rotatable bonds is 1. The standard InChI is InChI=1S/C8H11.Ti/c1-3-8-5-4-7(2)6-8;/h5H,3-4H2,1-2H3;/q-1;. The first kappa shape index (κ1) is 9.19. The largest absolute Gasteiger partial charge is 0.250 e. The minimum atomic E-state index is 0. The van der Waals surface area contributed by atoms with Crippen molar-refractivity contribution in [1.29, 1.82) is 0 Å². The van der Waals surface area contributed by atoms with Gasteiger partial charge in [0.25, 0.3) is 0 Å². The number of hydrogen-bond donors (Lipinski definition) is 0. The van der Waals surface area contributed by atoms with Crippen molar-refractivity contribution in [2.75, 3.05) is 0 Å². The van der Waals surface area contributed by atoms with Crippen LogP contribution in [0.4, 0.5) is 0 Å². The monoisotopic (exact) mass is 155 g/mol. The molecule has 9 heavy (non-hydrogen) atoms. The summed E-state index contributed by atoms with van der Waals surface area (Å²) in [6.07, 6.45) is 7.79. The summed E-state index contributed by atoms with van der Waals surface area (Å²) >= 11 is 0. The quantitative estimate of drug-likeness (QED) is 0.403. The topological polar surface area (TPSA) is 0 Å². The van der Waals surface area contributed by atoms with Crippen LogP contribution in [0.2, 0.25) is 0 Å². The van der Waals surface area contributed by atoms with E-state index in [1.54, 1.807) is 0 Å². The van der Waals surface area contributed by atoms with Crippen LogP contribution in [-0.4, -0.2) is 0 Å². The van der Waals surface area contributed by atoms with Crippen molar-refractivity contribution in [2.24, 2.45) is 0 Å². The van der Waals surface area contributed by atoms with Gasteiger partial charge in [-0.1, -0.05) is 26.7 Å². The average Bonchev–Trinajstić information content (AvgIpc) is 2.14. The Morgan fingerprint density at radius 3 is 2.56 bits per heavy atom. The predicted octanol–water partition coefficient (Wildman–Crippen LogP) is 2.47. The van der Waals surface area contributed by atoms with Crippen LogP contribution in [0, 0.1) is 6.08 Å². The summed E-state index contributed by atoms with van der Waals surface area (Å²) in [6.45, 7) is 4.29.